The fourth-order valence-electron chi connectivity index (χ4n) is 9.14. The molecule has 13 nitrogen and oxygen atoms in total. The molecule has 284 valence electrons. The summed E-state index contributed by atoms with van der Waals surface area (Å²) in [4.78, 5) is 68.7. The highest BCUT2D eigenvalue weighted by atomic mass is 32.1. The summed E-state index contributed by atoms with van der Waals surface area (Å²) < 4.78 is 17.9. The van der Waals surface area contributed by atoms with Gasteiger partial charge >= 0.3 is 6.03 Å². The van der Waals surface area contributed by atoms with Crippen LogP contribution in [0.3, 0.4) is 0 Å². The number of piperazine rings is 1. The topological polar surface area (TPSA) is 136 Å². The van der Waals surface area contributed by atoms with Crippen molar-refractivity contribution >= 4 is 51.6 Å². The van der Waals surface area contributed by atoms with Gasteiger partial charge in [0.2, 0.25) is 5.91 Å². The van der Waals surface area contributed by atoms with Crippen molar-refractivity contribution in [3.8, 4) is 11.1 Å². The summed E-state index contributed by atoms with van der Waals surface area (Å²) >= 11 is 1.28. The Kier molecular flexibility index (Phi) is 8.44. The van der Waals surface area contributed by atoms with Gasteiger partial charge in [-0.1, -0.05) is 24.3 Å². The molecular formula is C41H38FN9O4S. The number of thiazole rings is 1. The van der Waals surface area contributed by atoms with Gasteiger partial charge in [-0.05, 0) is 72.4 Å². The van der Waals surface area contributed by atoms with Crippen molar-refractivity contribution in [2.75, 3.05) is 34.8 Å². The van der Waals surface area contributed by atoms with E-state index in [2.05, 4.69) is 48.6 Å². The molecule has 0 saturated carbocycles. The number of likely N-dealkylation sites (tertiary alicyclic amines) is 1. The normalized spacial score (nSPS) is 20.8. The number of nitrogens with zero attached hydrogens (tertiary/aromatic N) is 7. The third-order valence-electron chi connectivity index (χ3n) is 11.8. The van der Waals surface area contributed by atoms with E-state index in [1.54, 1.807) is 28.9 Å². The number of hydrogen-bond acceptors (Lipinski definition) is 9. The molecule has 5 aliphatic rings. The molecule has 3 aromatic carbocycles. The maximum absolute atomic E-state index is 15.9. The molecule has 5 amide bonds. The Morgan fingerprint density at radius 1 is 0.964 bits per heavy atom. The number of benzene rings is 3. The molecule has 56 heavy (non-hydrogen) atoms. The minimum Gasteiger partial charge on any atom is -0.366 e. The van der Waals surface area contributed by atoms with E-state index in [-0.39, 0.29) is 36.0 Å². The molecule has 15 heteroatoms. The highest BCUT2D eigenvalue weighted by molar-refractivity contribution is 7.13. The molecule has 3 saturated heterocycles. The largest absolute Gasteiger partial charge is 0.366 e. The zero-order chi connectivity index (χ0) is 38.1. The van der Waals surface area contributed by atoms with Crippen LogP contribution in [0, 0.1) is 5.82 Å². The first kappa shape index (κ1) is 34.6. The number of amides is 5. The monoisotopic (exact) mass is 771 g/mol. The van der Waals surface area contributed by atoms with E-state index >= 15 is 4.39 Å². The molecular weight excluding hydrogens is 734 g/mol. The number of aromatic nitrogens is 3. The predicted molar refractivity (Wildman–Crippen MR) is 208 cm³/mol. The summed E-state index contributed by atoms with van der Waals surface area (Å²) in [5.74, 6) is -1.57. The van der Waals surface area contributed by atoms with Crippen LogP contribution < -0.4 is 20.4 Å². The second-order valence-electron chi connectivity index (χ2n) is 15.1. The van der Waals surface area contributed by atoms with Crippen molar-refractivity contribution in [3.63, 3.8) is 0 Å². The van der Waals surface area contributed by atoms with Crippen LogP contribution in [-0.2, 0) is 35.6 Å². The Hall–Kier alpha value is -5.93. The van der Waals surface area contributed by atoms with Gasteiger partial charge in [-0.15, -0.1) is 11.3 Å². The summed E-state index contributed by atoms with van der Waals surface area (Å²) in [6, 6.07) is 18.6. The molecule has 1 unspecified atom stereocenters. The van der Waals surface area contributed by atoms with E-state index in [1.165, 1.54) is 22.3 Å². The van der Waals surface area contributed by atoms with E-state index in [0.29, 0.717) is 35.0 Å². The van der Waals surface area contributed by atoms with Gasteiger partial charge in [0.1, 0.15) is 5.82 Å². The van der Waals surface area contributed by atoms with Crippen molar-refractivity contribution in [3.05, 3.63) is 112 Å². The van der Waals surface area contributed by atoms with Crippen molar-refractivity contribution in [2.24, 2.45) is 0 Å². The molecule has 0 radical (unpaired) electrons. The van der Waals surface area contributed by atoms with Crippen LogP contribution in [0.2, 0.25) is 0 Å². The smallest absolute Gasteiger partial charge is 0.328 e. The number of nitrogens with one attached hydrogen (secondary N) is 2. The fraction of sp³-hybridized carbons (Fsp3) is 0.317. The average Bonchev–Trinajstić information content (AvgIpc) is 4.06. The molecule has 0 aliphatic carbocycles. The van der Waals surface area contributed by atoms with Crippen LogP contribution >= 0.6 is 11.3 Å². The third kappa shape index (κ3) is 6.01. The Balaban J connectivity index is 0.832. The van der Waals surface area contributed by atoms with Gasteiger partial charge in [0, 0.05) is 91.0 Å². The number of fused-ring (bicyclic) bond motifs is 4. The second-order valence-corrected chi connectivity index (χ2v) is 16.0. The first-order valence-corrected chi connectivity index (χ1v) is 19.8. The zero-order valence-corrected chi connectivity index (χ0v) is 31.2. The lowest BCUT2D eigenvalue weighted by Crippen LogP contribution is -2.49. The second kappa shape index (κ2) is 13.7. The number of aryl methyl sites for hydroxylation is 1. The lowest BCUT2D eigenvalue weighted by Gasteiger charge is -2.36. The number of halogens is 1. The van der Waals surface area contributed by atoms with Gasteiger partial charge in [-0.25, -0.2) is 19.2 Å². The van der Waals surface area contributed by atoms with Gasteiger partial charge in [-0.2, -0.15) is 0 Å². The van der Waals surface area contributed by atoms with Crippen LogP contribution in [-0.4, -0.2) is 79.8 Å². The molecule has 0 spiro atoms. The summed E-state index contributed by atoms with van der Waals surface area (Å²) in [7, 11) is 0. The Bertz CT molecular complexity index is 2400. The summed E-state index contributed by atoms with van der Waals surface area (Å²) in [6.07, 6.45) is 6.33. The molecule has 7 heterocycles. The minimum absolute atomic E-state index is 0.0425. The standard InChI is InChI=1S/C41H38FN9O4S/c42-33-17-26(16-31-32(33)22-51(39(31)54)37(38(53)46-40-43-11-14-56-40)36-34-5-2-12-47(34)23-44-36)25-6-8-27(9-7-25)50-21-29-18-30(50)20-48(29)19-24-3-1-4-28(15-24)49-13-10-35(52)45-41(49)55/h1,3-4,6-9,11,14-17,23,29-30,37H,2,5,10,12-13,18-22H2,(H,43,46,53)(H,45,52,55)/t29-,30-,37?/m0/s1. The molecule has 2 bridgehead atoms. The molecule has 3 atom stereocenters. The van der Waals surface area contributed by atoms with Crippen molar-refractivity contribution in [1.82, 2.24) is 29.7 Å². The van der Waals surface area contributed by atoms with Crippen molar-refractivity contribution in [1.29, 1.82) is 0 Å². The predicted octanol–water partition coefficient (Wildman–Crippen LogP) is 5.34. The van der Waals surface area contributed by atoms with Crippen LogP contribution in [0.1, 0.15) is 58.2 Å². The fourth-order valence-corrected chi connectivity index (χ4v) is 9.67. The first-order chi connectivity index (χ1) is 27.3. The highest BCUT2D eigenvalue weighted by Crippen LogP contribution is 2.40. The summed E-state index contributed by atoms with van der Waals surface area (Å²) in [6.45, 7) is 3.70. The van der Waals surface area contributed by atoms with E-state index in [1.807, 2.05) is 34.9 Å². The Morgan fingerprint density at radius 2 is 1.84 bits per heavy atom. The van der Waals surface area contributed by atoms with E-state index < -0.39 is 23.7 Å². The number of anilines is 3. The summed E-state index contributed by atoms with van der Waals surface area (Å²) in [5, 5.41) is 7.43. The number of imide groups is 1. The SMILES string of the molecule is O=C1CCN(c2cccc(CN3C[C@@H]4C[C@H]3CN4c3ccc(-c4cc(F)c5c(c4)C(=O)N(C(C(=O)Nc4nccs4)c4ncn6c4CCC6)C5)cc3)c2)C(=O)N1. The van der Waals surface area contributed by atoms with Crippen LogP contribution in [0.25, 0.3) is 11.1 Å². The lowest BCUT2D eigenvalue weighted by atomic mass is 9.99. The van der Waals surface area contributed by atoms with Gasteiger partial charge in [-0.3, -0.25) is 34.8 Å². The number of carbonyl (C=O) groups is 4. The van der Waals surface area contributed by atoms with Crippen LogP contribution in [0.4, 0.5) is 25.7 Å². The molecule has 2 N–H and O–H groups in total. The van der Waals surface area contributed by atoms with E-state index in [9.17, 15) is 19.2 Å². The number of rotatable bonds is 9. The maximum atomic E-state index is 15.9. The highest BCUT2D eigenvalue weighted by Gasteiger charge is 2.44. The van der Waals surface area contributed by atoms with Crippen LogP contribution in [0.15, 0.2) is 78.6 Å². The summed E-state index contributed by atoms with van der Waals surface area (Å²) in [5.41, 5.74) is 6.37. The zero-order valence-electron chi connectivity index (χ0n) is 30.4. The van der Waals surface area contributed by atoms with E-state index in [0.717, 1.165) is 73.6 Å². The number of hydrogen-bond donors (Lipinski definition) is 2. The minimum atomic E-state index is -1.04. The number of imidazole rings is 1. The molecule has 5 aromatic rings. The Morgan fingerprint density at radius 3 is 2.62 bits per heavy atom. The lowest BCUT2D eigenvalue weighted by molar-refractivity contribution is -0.121. The number of carbonyl (C=O) groups excluding carboxylic acids is 4. The molecule has 3 fully saturated rings. The van der Waals surface area contributed by atoms with Gasteiger partial charge in [0.05, 0.1) is 18.6 Å². The molecule has 5 aliphatic heterocycles. The maximum Gasteiger partial charge on any atom is 0.328 e. The molecule has 10 rings (SSSR count). The molecule has 2 aromatic heterocycles. The Labute approximate surface area is 325 Å². The first-order valence-electron chi connectivity index (χ1n) is 19.0. The number of urea groups is 1. The van der Waals surface area contributed by atoms with E-state index in [4.69, 9.17) is 0 Å². The van der Waals surface area contributed by atoms with Gasteiger partial charge in [0.25, 0.3) is 11.8 Å². The van der Waals surface area contributed by atoms with Gasteiger partial charge < -0.3 is 14.4 Å². The van der Waals surface area contributed by atoms with Crippen LogP contribution in [0.5, 0.6) is 0 Å². The third-order valence-corrected chi connectivity index (χ3v) is 12.5. The van der Waals surface area contributed by atoms with Crippen molar-refractivity contribution in [2.45, 2.75) is 63.4 Å². The van der Waals surface area contributed by atoms with Crippen molar-refractivity contribution < 1.29 is 23.6 Å². The quantitative estimate of drug-likeness (QED) is 0.205. The average molecular weight is 772 g/mol. The van der Waals surface area contributed by atoms with Gasteiger partial charge in [0.15, 0.2) is 11.2 Å².